The number of carbonyl (C=O) groups is 6. The maximum absolute atomic E-state index is 13.0. The van der Waals surface area contributed by atoms with E-state index in [2.05, 4.69) is 16.0 Å². The van der Waals surface area contributed by atoms with Crippen LogP contribution in [0.15, 0.2) is 24.3 Å². The molecule has 14 nitrogen and oxygen atoms in total. The Labute approximate surface area is 223 Å². The highest BCUT2D eigenvalue weighted by Gasteiger charge is 2.31. The minimum absolute atomic E-state index is 0.0310. The molecule has 0 fully saturated rings. The summed E-state index contributed by atoms with van der Waals surface area (Å²) in [7, 11) is 0. The predicted molar refractivity (Wildman–Crippen MR) is 138 cm³/mol. The number of phenolic OH excluding ortho intramolecular Hbond substituents is 1. The van der Waals surface area contributed by atoms with Gasteiger partial charge in [-0.25, -0.2) is 4.79 Å². The Morgan fingerprint density at radius 3 is 1.92 bits per heavy atom. The number of primary amides is 2. The third-order valence-electron chi connectivity index (χ3n) is 5.30. The Hall–Kier alpha value is -3.85. The van der Waals surface area contributed by atoms with Crippen LogP contribution in [0.4, 0.5) is 0 Å². The number of amides is 5. The zero-order valence-electron chi connectivity index (χ0n) is 20.8. The predicted octanol–water partition coefficient (Wildman–Crippen LogP) is -2.30. The molecule has 4 unspecified atom stereocenters. The van der Waals surface area contributed by atoms with Crippen molar-refractivity contribution in [3.05, 3.63) is 29.8 Å². The lowest BCUT2D eigenvalue weighted by atomic mass is 10.0. The van der Waals surface area contributed by atoms with Crippen molar-refractivity contribution in [1.82, 2.24) is 16.0 Å². The fourth-order valence-corrected chi connectivity index (χ4v) is 3.73. The number of thioether (sulfide) groups is 1. The third kappa shape index (κ3) is 11.9. The van der Waals surface area contributed by atoms with Gasteiger partial charge in [-0.3, -0.25) is 24.0 Å². The Morgan fingerprint density at radius 1 is 0.842 bits per heavy atom. The molecule has 1 aromatic carbocycles. The van der Waals surface area contributed by atoms with Crippen LogP contribution in [-0.4, -0.2) is 81.9 Å². The van der Waals surface area contributed by atoms with Gasteiger partial charge < -0.3 is 43.4 Å². The number of nitrogens with two attached hydrogens (primary N) is 3. The number of carbonyl (C=O) groups excluding carboxylic acids is 5. The highest BCUT2D eigenvalue weighted by Crippen LogP contribution is 2.11. The summed E-state index contributed by atoms with van der Waals surface area (Å²) in [6.07, 6.45) is 0.728. The summed E-state index contributed by atoms with van der Waals surface area (Å²) in [5.41, 5.74) is 17.0. The number of carboxylic acids is 1. The van der Waals surface area contributed by atoms with Crippen LogP contribution >= 0.6 is 11.8 Å². The first-order valence-electron chi connectivity index (χ1n) is 11.6. The molecule has 0 saturated carbocycles. The van der Waals surface area contributed by atoms with Crippen LogP contribution in [0.1, 0.15) is 31.2 Å². The second-order valence-corrected chi connectivity index (χ2v) is 9.44. The molecule has 0 aliphatic carbocycles. The number of nitrogens with one attached hydrogen (secondary N) is 3. The Kier molecular flexibility index (Phi) is 13.6. The van der Waals surface area contributed by atoms with Crippen molar-refractivity contribution in [2.45, 2.75) is 56.3 Å². The number of aromatic hydroxyl groups is 1. The van der Waals surface area contributed by atoms with Gasteiger partial charge in [0, 0.05) is 6.42 Å². The van der Waals surface area contributed by atoms with E-state index in [9.17, 15) is 39.0 Å². The van der Waals surface area contributed by atoms with Crippen molar-refractivity contribution in [2.75, 3.05) is 12.0 Å². The van der Waals surface area contributed by atoms with E-state index in [1.165, 1.54) is 23.9 Å². The van der Waals surface area contributed by atoms with Crippen LogP contribution in [0.2, 0.25) is 0 Å². The molecule has 1 aromatic rings. The summed E-state index contributed by atoms with van der Waals surface area (Å²) in [6, 6.07) is 0.677. The van der Waals surface area contributed by atoms with Gasteiger partial charge in [0.05, 0.1) is 12.5 Å². The van der Waals surface area contributed by atoms with E-state index in [0.717, 1.165) is 0 Å². The number of carboxylic acid groups (broad SMARTS) is 1. The average molecular weight is 555 g/mol. The van der Waals surface area contributed by atoms with E-state index >= 15 is 0 Å². The number of phenols is 1. The zero-order valence-corrected chi connectivity index (χ0v) is 21.7. The maximum atomic E-state index is 13.0. The molecule has 0 spiro atoms. The third-order valence-corrected chi connectivity index (χ3v) is 5.95. The van der Waals surface area contributed by atoms with Crippen LogP contribution in [-0.2, 0) is 35.2 Å². The van der Waals surface area contributed by atoms with E-state index in [0.29, 0.717) is 11.3 Å². The fraction of sp³-hybridized carbons (Fsp3) is 0.478. The lowest BCUT2D eigenvalue weighted by Gasteiger charge is -2.24. The van der Waals surface area contributed by atoms with Crippen molar-refractivity contribution in [3.8, 4) is 5.75 Å². The molecular formula is C23H34N6O8S. The van der Waals surface area contributed by atoms with Crippen LogP contribution < -0.4 is 33.2 Å². The van der Waals surface area contributed by atoms with Gasteiger partial charge in [0.25, 0.3) is 0 Å². The van der Waals surface area contributed by atoms with Crippen molar-refractivity contribution < 1.29 is 39.0 Å². The second-order valence-electron chi connectivity index (χ2n) is 8.46. The summed E-state index contributed by atoms with van der Waals surface area (Å²) in [5, 5.41) is 25.7. The van der Waals surface area contributed by atoms with Gasteiger partial charge in [0.2, 0.25) is 29.5 Å². The van der Waals surface area contributed by atoms with Gasteiger partial charge in [0.15, 0.2) is 0 Å². The van der Waals surface area contributed by atoms with Gasteiger partial charge in [-0.1, -0.05) is 12.1 Å². The molecule has 0 aliphatic heterocycles. The van der Waals surface area contributed by atoms with Crippen LogP contribution in [0, 0.1) is 0 Å². The van der Waals surface area contributed by atoms with E-state index < -0.39 is 66.1 Å². The zero-order chi connectivity index (χ0) is 28.8. The van der Waals surface area contributed by atoms with Crippen LogP contribution in [0.25, 0.3) is 0 Å². The summed E-state index contributed by atoms with van der Waals surface area (Å²) >= 11 is 1.37. The van der Waals surface area contributed by atoms with Crippen molar-refractivity contribution in [2.24, 2.45) is 17.2 Å². The van der Waals surface area contributed by atoms with Gasteiger partial charge >= 0.3 is 5.97 Å². The Morgan fingerprint density at radius 2 is 1.39 bits per heavy atom. The second kappa shape index (κ2) is 16.1. The average Bonchev–Trinajstić information content (AvgIpc) is 2.84. The Balaban J connectivity index is 2.99. The molecular weight excluding hydrogens is 520 g/mol. The molecule has 0 radical (unpaired) electrons. The molecule has 11 N–H and O–H groups in total. The number of rotatable bonds is 17. The van der Waals surface area contributed by atoms with E-state index in [1.54, 1.807) is 18.4 Å². The van der Waals surface area contributed by atoms with Crippen molar-refractivity contribution >= 4 is 47.3 Å². The van der Waals surface area contributed by atoms with Gasteiger partial charge in [0.1, 0.15) is 23.9 Å². The number of aliphatic carboxylic acids is 1. The van der Waals surface area contributed by atoms with Gasteiger partial charge in [-0.05, 0) is 49.0 Å². The molecule has 5 amide bonds. The Bertz CT molecular complexity index is 1010. The highest BCUT2D eigenvalue weighted by molar-refractivity contribution is 7.98. The fourth-order valence-electron chi connectivity index (χ4n) is 3.26. The van der Waals surface area contributed by atoms with Crippen molar-refractivity contribution in [3.63, 3.8) is 0 Å². The summed E-state index contributed by atoms with van der Waals surface area (Å²) in [5.74, 6) is -5.19. The molecule has 210 valence electrons. The molecule has 0 saturated heterocycles. The lowest BCUT2D eigenvalue weighted by Crippen LogP contribution is -2.58. The molecule has 0 aliphatic rings. The highest BCUT2D eigenvalue weighted by atomic mass is 32.2. The monoisotopic (exact) mass is 554 g/mol. The molecule has 0 bridgehead atoms. The topological polar surface area (TPSA) is 257 Å². The molecule has 38 heavy (non-hydrogen) atoms. The standard InChI is InChI=1S/C23H34N6O8S/c1-38-9-8-16(23(36)37)28-22(35)17(11-19(26)32)29-21(34)15(6-7-18(25)31)27-20(33)14(24)10-12-2-4-13(30)5-3-12/h2-5,14-17,30H,6-11,24H2,1H3,(H2,25,31)(H2,26,32)(H,27,33)(H,28,35)(H,29,34)(H,36,37). The smallest absolute Gasteiger partial charge is 0.326 e. The molecule has 0 heterocycles. The molecule has 0 aromatic heterocycles. The summed E-state index contributed by atoms with van der Waals surface area (Å²) in [6.45, 7) is 0. The molecule has 15 heteroatoms. The summed E-state index contributed by atoms with van der Waals surface area (Å²) in [4.78, 5) is 72.8. The quantitative estimate of drug-likeness (QED) is 0.102. The van der Waals surface area contributed by atoms with Crippen molar-refractivity contribution in [1.29, 1.82) is 0 Å². The minimum Gasteiger partial charge on any atom is -0.508 e. The summed E-state index contributed by atoms with van der Waals surface area (Å²) < 4.78 is 0. The molecule has 1 rings (SSSR count). The maximum Gasteiger partial charge on any atom is 0.326 e. The number of hydrogen-bond donors (Lipinski definition) is 8. The largest absolute Gasteiger partial charge is 0.508 e. The molecule has 4 atom stereocenters. The number of hydrogen-bond acceptors (Lipinski definition) is 9. The first-order chi connectivity index (χ1) is 17.8. The normalized spacial score (nSPS) is 13.8. The first kappa shape index (κ1) is 32.2. The SMILES string of the molecule is CSCCC(NC(=O)C(CC(N)=O)NC(=O)C(CCC(N)=O)NC(=O)C(N)Cc1ccc(O)cc1)C(=O)O. The van der Waals surface area contributed by atoms with E-state index in [4.69, 9.17) is 17.2 Å². The lowest BCUT2D eigenvalue weighted by molar-refractivity contribution is -0.142. The van der Waals surface area contributed by atoms with E-state index in [-0.39, 0.29) is 31.4 Å². The number of benzene rings is 1. The van der Waals surface area contributed by atoms with E-state index in [1.807, 2.05) is 0 Å². The first-order valence-corrected chi connectivity index (χ1v) is 13.0. The van der Waals surface area contributed by atoms with Gasteiger partial charge in [-0.15, -0.1) is 0 Å². The van der Waals surface area contributed by atoms with Crippen LogP contribution in [0.5, 0.6) is 5.75 Å². The minimum atomic E-state index is -1.55. The van der Waals surface area contributed by atoms with Crippen LogP contribution in [0.3, 0.4) is 0 Å². The van der Waals surface area contributed by atoms with Gasteiger partial charge in [-0.2, -0.15) is 11.8 Å².